The van der Waals surface area contributed by atoms with E-state index in [-0.39, 0.29) is 35.7 Å². The molecule has 0 aromatic rings. The maximum absolute atomic E-state index is 11.9. The molecule has 1 aliphatic heterocycles. The molecule has 0 aliphatic carbocycles. The Kier molecular flexibility index (Phi) is 7.83. The highest BCUT2D eigenvalue weighted by atomic mass is 35.5. The number of carbonyl (C=O) groups excluding carboxylic acids is 1. The van der Waals surface area contributed by atoms with E-state index in [2.05, 4.69) is 26.1 Å². The van der Waals surface area contributed by atoms with Crippen LogP contribution in [0.4, 0.5) is 0 Å². The van der Waals surface area contributed by atoms with E-state index >= 15 is 0 Å². The van der Waals surface area contributed by atoms with Gasteiger partial charge in [0.2, 0.25) is 5.91 Å². The molecule has 1 atom stereocenters. The van der Waals surface area contributed by atoms with Crippen LogP contribution in [-0.4, -0.2) is 31.7 Å². The first-order chi connectivity index (χ1) is 7.90. The molecule has 1 heterocycles. The monoisotopic (exact) mass is 278 g/mol. The van der Waals surface area contributed by atoms with E-state index in [1.54, 1.807) is 0 Å². The minimum absolute atomic E-state index is 0. The quantitative estimate of drug-likeness (QED) is 0.823. The first-order valence-corrected chi connectivity index (χ1v) is 6.51. The SMILES string of the molecule is CC(C)(C)CCNC(=O)C(N)C1CCOCC1.Cl. The Balaban J connectivity index is 0.00000289. The van der Waals surface area contributed by atoms with Gasteiger partial charge in [0, 0.05) is 19.8 Å². The van der Waals surface area contributed by atoms with E-state index in [0.29, 0.717) is 6.54 Å². The lowest BCUT2D eigenvalue weighted by Gasteiger charge is -2.27. The molecule has 1 amide bonds. The molecule has 0 bridgehead atoms. The first-order valence-electron chi connectivity index (χ1n) is 6.51. The second kappa shape index (κ2) is 7.97. The fourth-order valence-electron chi connectivity index (χ4n) is 1.97. The first kappa shape index (κ1) is 17.7. The molecule has 1 saturated heterocycles. The molecule has 0 saturated carbocycles. The minimum Gasteiger partial charge on any atom is -0.381 e. The molecular weight excluding hydrogens is 252 g/mol. The van der Waals surface area contributed by atoms with Gasteiger partial charge in [-0.25, -0.2) is 0 Å². The summed E-state index contributed by atoms with van der Waals surface area (Å²) in [5.41, 5.74) is 6.22. The van der Waals surface area contributed by atoms with E-state index in [1.165, 1.54) is 0 Å². The summed E-state index contributed by atoms with van der Waals surface area (Å²) in [6, 6.07) is -0.376. The number of rotatable bonds is 4. The van der Waals surface area contributed by atoms with E-state index < -0.39 is 0 Å². The Morgan fingerprint density at radius 2 is 1.94 bits per heavy atom. The Hall–Kier alpha value is -0.320. The van der Waals surface area contributed by atoms with Crippen molar-refractivity contribution in [1.29, 1.82) is 0 Å². The Bertz CT molecular complexity index is 248. The predicted octanol–water partition coefficient (Wildman–Crippen LogP) is 1.71. The van der Waals surface area contributed by atoms with Crippen LogP contribution in [0.5, 0.6) is 0 Å². The Labute approximate surface area is 116 Å². The van der Waals surface area contributed by atoms with Crippen molar-refractivity contribution in [2.75, 3.05) is 19.8 Å². The van der Waals surface area contributed by atoms with E-state index in [4.69, 9.17) is 10.5 Å². The third-order valence-electron chi connectivity index (χ3n) is 3.25. The molecule has 5 heteroatoms. The van der Waals surface area contributed by atoms with Crippen molar-refractivity contribution in [3.63, 3.8) is 0 Å². The maximum Gasteiger partial charge on any atom is 0.237 e. The highest BCUT2D eigenvalue weighted by Crippen LogP contribution is 2.19. The molecule has 4 nitrogen and oxygen atoms in total. The van der Waals surface area contributed by atoms with Crippen LogP contribution in [0.15, 0.2) is 0 Å². The fourth-order valence-corrected chi connectivity index (χ4v) is 1.97. The number of amides is 1. The standard InChI is InChI=1S/C13H26N2O2.ClH/c1-13(2,3)6-7-15-12(16)11(14)10-4-8-17-9-5-10;/h10-11H,4-9,14H2,1-3H3,(H,15,16);1H. The molecule has 3 N–H and O–H groups in total. The van der Waals surface area contributed by atoms with Gasteiger partial charge < -0.3 is 15.8 Å². The smallest absolute Gasteiger partial charge is 0.237 e. The molecule has 1 rings (SSSR count). The molecule has 0 aromatic heterocycles. The van der Waals surface area contributed by atoms with Crippen molar-refractivity contribution < 1.29 is 9.53 Å². The van der Waals surface area contributed by atoms with Crippen molar-refractivity contribution >= 4 is 18.3 Å². The van der Waals surface area contributed by atoms with Gasteiger partial charge in [-0.05, 0) is 30.6 Å². The highest BCUT2D eigenvalue weighted by Gasteiger charge is 2.26. The van der Waals surface area contributed by atoms with Crippen LogP contribution in [0, 0.1) is 11.3 Å². The summed E-state index contributed by atoms with van der Waals surface area (Å²) >= 11 is 0. The molecule has 1 unspecified atom stereocenters. The summed E-state index contributed by atoms with van der Waals surface area (Å²) in [6.07, 6.45) is 2.76. The third-order valence-corrected chi connectivity index (χ3v) is 3.25. The molecular formula is C13H27ClN2O2. The fraction of sp³-hybridized carbons (Fsp3) is 0.923. The van der Waals surface area contributed by atoms with Gasteiger partial charge in [-0.15, -0.1) is 12.4 Å². The topological polar surface area (TPSA) is 64.4 Å². The molecule has 0 radical (unpaired) electrons. The average Bonchev–Trinajstić information content (AvgIpc) is 2.27. The number of hydrogen-bond donors (Lipinski definition) is 2. The predicted molar refractivity (Wildman–Crippen MR) is 75.8 cm³/mol. The van der Waals surface area contributed by atoms with Crippen LogP contribution in [-0.2, 0) is 9.53 Å². The van der Waals surface area contributed by atoms with Crippen molar-refractivity contribution in [1.82, 2.24) is 5.32 Å². The number of nitrogens with one attached hydrogen (secondary N) is 1. The van der Waals surface area contributed by atoms with Crippen LogP contribution < -0.4 is 11.1 Å². The van der Waals surface area contributed by atoms with E-state index in [1.807, 2.05) is 0 Å². The van der Waals surface area contributed by atoms with Crippen LogP contribution in [0.1, 0.15) is 40.0 Å². The van der Waals surface area contributed by atoms with Gasteiger partial charge in [0.25, 0.3) is 0 Å². The van der Waals surface area contributed by atoms with Gasteiger partial charge in [-0.1, -0.05) is 20.8 Å². The lowest BCUT2D eigenvalue weighted by molar-refractivity contribution is -0.124. The van der Waals surface area contributed by atoms with Crippen LogP contribution in [0.25, 0.3) is 0 Å². The second-order valence-electron chi connectivity index (χ2n) is 6.08. The van der Waals surface area contributed by atoms with Crippen molar-refractivity contribution in [2.24, 2.45) is 17.1 Å². The largest absolute Gasteiger partial charge is 0.381 e. The molecule has 0 aromatic carbocycles. The summed E-state index contributed by atoms with van der Waals surface area (Å²) < 4.78 is 5.27. The van der Waals surface area contributed by atoms with Crippen molar-refractivity contribution in [3.8, 4) is 0 Å². The number of nitrogens with two attached hydrogens (primary N) is 1. The minimum atomic E-state index is -0.376. The lowest BCUT2D eigenvalue weighted by Crippen LogP contribution is -2.47. The summed E-state index contributed by atoms with van der Waals surface area (Å²) in [4.78, 5) is 11.9. The summed E-state index contributed by atoms with van der Waals surface area (Å²) in [5, 5.41) is 2.93. The van der Waals surface area contributed by atoms with Crippen molar-refractivity contribution in [3.05, 3.63) is 0 Å². The van der Waals surface area contributed by atoms with Gasteiger partial charge in [0.15, 0.2) is 0 Å². The van der Waals surface area contributed by atoms with Crippen molar-refractivity contribution in [2.45, 2.75) is 46.1 Å². The third kappa shape index (κ3) is 6.57. The maximum atomic E-state index is 11.9. The molecule has 1 fully saturated rings. The van der Waals surface area contributed by atoms with Gasteiger partial charge in [-0.2, -0.15) is 0 Å². The van der Waals surface area contributed by atoms with Gasteiger partial charge >= 0.3 is 0 Å². The summed E-state index contributed by atoms with van der Waals surface area (Å²) in [7, 11) is 0. The van der Waals surface area contributed by atoms with Gasteiger partial charge in [-0.3, -0.25) is 4.79 Å². The van der Waals surface area contributed by atoms with E-state index in [9.17, 15) is 4.79 Å². The van der Waals surface area contributed by atoms with Gasteiger partial charge in [0.1, 0.15) is 0 Å². The Morgan fingerprint density at radius 1 is 1.39 bits per heavy atom. The van der Waals surface area contributed by atoms with Crippen LogP contribution in [0.3, 0.4) is 0 Å². The average molecular weight is 279 g/mol. The van der Waals surface area contributed by atoms with Gasteiger partial charge in [0.05, 0.1) is 6.04 Å². The molecule has 0 spiro atoms. The Morgan fingerprint density at radius 3 is 2.44 bits per heavy atom. The van der Waals surface area contributed by atoms with E-state index in [0.717, 1.165) is 32.5 Å². The number of halogens is 1. The normalized spacial score (nSPS) is 18.9. The lowest BCUT2D eigenvalue weighted by atomic mass is 9.91. The highest BCUT2D eigenvalue weighted by molar-refractivity contribution is 5.85. The zero-order chi connectivity index (χ0) is 12.9. The van der Waals surface area contributed by atoms with Crippen LogP contribution in [0.2, 0.25) is 0 Å². The zero-order valence-electron chi connectivity index (χ0n) is 11.7. The molecule has 1 aliphatic rings. The second-order valence-corrected chi connectivity index (χ2v) is 6.08. The number of carbonyl (C=O) groups is 1. The summed E-state index contributed by atoms with van der Waals surface area (Å²) in [5.74, 6) is 0.263. The molecule has 18 heavy (non-hydrogen) atoms. The zero-order valence-corrected chi connectivity index (χ0v) is 12.5. The summed E-state index contributed by atoms with van der Waals surface area (Å²) in [6.45, 7) is 8.66. The number of hydrogen-bond acceptors (Lipinski definition) is 3. The molecule has 108 valence electrons. The number of ether oxygens (including phenoxy) is 1. The van der Waals surface area contributed by atoms with Crippen LogP contribution >= 0.6 is 12.4 Å².